The van der Waals surface area contributed by atoms with Crippen LogP contribution in [0.5, 0.6) is 5.75 Å². The number of nitrogens with zero attached hydrogens (tertiary/aromatic N) is 1. The number of hydrogen-bond donors (Lipinski definition) is 0. The fourth-order valence-electron chi connectivity index (χ4n) is 1.65. The van der Waals surface area contributed by atoms with Crippen molar-refractivity contribution in [3.05, 3.63) is 58.6 Å². The van der Waals surface area contributed by atoms with Gasteiger partial charge in [-0.25, -0.2) is 0 Å². The highest BCUT2D eigenvalue weighted by atomic mass is 35.5. The van der Waals surface area contributed by atoms with Crippen LogP contribution in [0.2, 0.25) is 5.02 Å². The van der Waals surface area contributed by atoms with Crippen molar-refractivity contribution in [3.8, 4) is 11.8 Å². The van der Waals surface area contributed by atoms with Gasteiger partial charge in [-0.3, -0.25) is 0 Å². The smallest absolute Gasteiger partial charge is 0.122 e. The summed E-state index contributed by atoms with van der Waals surface area (Å²) in [6.45, 7) is 0. The topological polar surface area (TPSA) is 33.0 Å². The van der Waals surface area contributed by atoms with Gasteiger partial charge in [-0.05, 0) is 42.5 Å². The van der Waals surface area contributed by atoms with Gasteiger partial charge < -0.3 is 4.74 Å². The van der Waals surface area contributed by atoms with E-state index in [1.165, 1.54) is 0 Å². The third-order valence-electron chi connectivity index (χ3n) is 2.62. The minimum atomic E-state index is 0.646. The van der Waals surface area contributed by atoms with Crippen LogP contribution < -0.4 is 4.74 Å². The van der Waals surface area contributed by atoms with Crippen molar-refractivity contribution < 1.29 is 4.74 Å². The number of hydrogen-bond acceptors (Lipinski definition) is 3. The average Bonchev–Trinajstić information content (AvgIpc) is 2.46. The van der Waals surface area contributed by atoms with E-state index in [1.54, 1.807) is 24.9 Å². The van der Waals surface area contributed by atoms with Crippen molar-refractivity contribution in [1.82, 2.24) is 0 Å². The van der Waals surface area contributed by atoms with Crippen LogP contribution in [0.25, 0.3) is 0 Å². The van der Waals surface area contributed by atoms with Crippen LogP contribution in [0.15, 0.2) is 47.4 Å². The molecule has 0 spiro atoms. The Kier molecular flexibility index (Phi) is 4.73. The van der Waals surface area contributed by atoms with Gasteiger partial charge in [-0.2, -0.15) is 5.26 Å². The largest absolute Gasteiger partial charge is 0.496 e. The van der Waals surface area contributed by atoms with Gasteiger partial charge in [0.05, 0.1) is 18.7 Å². The van der Waals surface area contributed by atoms with Crippen molar-refractivity contribution in [1.29, 1.82) is 5.26 Å². The first-order chi connectivity index (χ1) is 9.22. The quantitative estimate of drug-likeness (QED) is 0.776. The second-order valence-electron chi connectivity index (χ2n) is 3.88. The Morgan fingerprint density at radius 3 is 2.58 bits per heavy atom. The monoisotopic (exact) mass is 289 g/mol. The summed E-state index contributed by atoms with van der Waals surface area (Å²) >= 11 is 7.53. The van der Waals surface area contributed by atoms with Crippen molar-refractivity contribution in [3.63, 3.8) is 0 Å². The maximum Gasteiger partial charge on any atom is 0.122 e. The van der Waals surface area contributed by atoms with Crippen LogP contribution in [0.3, 0.4) is 0 Å². The van der Waals surface area contributed by atoms with Gasteiger partial charge >= 0.3 is 0 Å². The van der Waals surface area contributed by atoms with E-state index in [1.807, 2.05) is 36.4 Å². The first kappa shape index (κ1) is 13.8. The lowest BCUT2D eigenvalue weighted by Crippen LogP contribution is -1.91. The van der Waals surface area contributed by atoms with Crippen LogP contribution in [0, 0.1) is 11.3 Å². The first-order valence-electron chi connectivity index (χ1n) is 5.68. The van der Waals surface area contributed by atoms with Crippen molar-refractivity contribution >= 4 is 23.4 Å². The highest BCUT2D eigenvalue weighted by molar-refractivity contribution is 7.98. The lowest BCUT2D eigenvalue weighted by Gasteiger charge is -2.08. The summed E-state index contributed by atoms with van der Waals surface area (Å²) in [6.07, 6.45) is 0. The Hall–Kier alpha value is -1.63. The minimum absolute atomic E-state index is 0.646. The molecule has 0 amide bonds. The van der Waals surface area contributed by atoms with E-state index in [0.717, 1.165) is 27.0 Å². The molecule has 0 N–H and O–H groups in total. The molecule has 2 rings (SSSR count). The number of benzene rings is 2. The molecule has 0 bridgehead atoms. The molecule has 0 saturated heterocycles. The van der Waals surface area contributed by atoms with E-state index >= 15 is 0 Å². The highest BCUT2D eigenvalue weighted by Gasteiger charge is 2.05. The van der Waals surface area contributed by atoms with Gasteiger partial charge in [0.25, 0.3) is 0 Å². The molecule has 2 aromatic carbocycles. The Bertz CT molecular complexity index is 605. The SMILES string of the molecule is COc1ccc(C#N)cc1CSc1ccc(Cl)cc1. The maximum atomic E-state index is 8.93. The molecular weight excluding hydrogens is 278 g/mol. The first-order valence-corrected chi connectivity index (χ1v) is 7.04. The van der Waals surface area contributed by atoms with E-state index in [2.05, 4.69) is 6.07 Å². The van der Waals surface area contributed by atoms with Gasteiger partial charge in [0.2, 0.25) is 0 Å². The van der Waals surface area contributed by atoms with E-state index in [9.17, 15) is 0 Å². The van der Waals surface area contributed by atoms with E-state index in [4.69, 9.17) is 21.6 Å². The Labute approximate surface area is 122 Å². The second kappa shape index (κ2) is 6.51. The van der Waals surface area contributed by atoms with E-state index < -0.39 is 0 Å². The highest BCUT2D eigenvalue weighted by Crippen LogP contribution is 2.29. The molecule has 0 heterocycles. The molecule has 0 saturated carbocycles. The molecule has 0 aliphatic heterocycles. The average molecular weight is 290 g/mol. The number of nitriles is 1. The Morgan fingerprint density at radius 2 is 1.95 bits per heavy atom. The van der Waals surface area contributed by atoms with Crippen LogP contribution in [0.4, 0.5) is 0 Å². The molecule has 0 aliphatic carbocycles. The van der Waals surface area contributed by atoms with Crippen molar-refractivity contribution in [2.75, 3.05) is 7.11 Å². The van der Waals surface area contributed by atoms with Crippen LogP contribution in [-0.4, -0.2) is 7.11 Å². The summed E-state index contributed by atoms with van der Waals surface area (Å²) in [5.74, 6) is 1.56. The molecule has 0 atom stereocenters. The molecule has 19 heavy (non-hydrogen) atoms. The molecule has 2 nitrogen and oxygen atoms in total. The zero-order chi connectivity index (χ0) is 13.7. The van der Waals surface area contributed by atoms with Crippen LogP contribution >= 0.6 is 23.4 Å². The standard InChI is InChI=1S/C15H12ClNOS/c1-18-15-7-2-11(9-17)8-12(15)10-19-14-5-3-13(16)4-6-14/h2-8H,10H2,1H3. The molecule has 0 radical (unpaired) electrons. The summed E-state index contributed by atoms with van der Waals surface area (Å²) in [5, 5.41) is 9.66. The number of halogens is 1. The van der Waals surface area contributed by atoms with Gasteiger partial charge in [0.1, 0.15) is 5.75 Å². The molecular formula is C15H12ClNOS. The molecule has 0 aliphatic rings. The lowest BCUT2D eigenvalue weighted by atomic mass is 10.1. The van der Waals surface area contributed by atoms with E-state index in [-0.39, 0.29) is 0 Å². The molecule has 0 unspecified atom stereocenters. The maximum absolute atomic E-state index is 8.93. The third kappa shape index (κ3) is 3.66. The molecule has 2 aromatic rings. The Morgan fingerprint density at radius 1 is 1.21 bits per heavy atom. The third-order valence-corrected chi connectivity index (χ3v) is 3.93. The molecule has 4 heteroatoms. The number of ether oxygens (including phenoxy) is 1. The van der Waals surface area contributed by atoms with Gasteiger partial charge in [-0.15, -0.1) is 11.8 Å². The predicted molar refractivity (Wildman–Crippen MR) is 78.7 cm³/mol. The minimum Gasteiger partial charge on any atom is -0.496 e. The number of rotatable bonds is 4. The van der Waals surface area contributed by atoms with Gasteiger partial charge in [-0.1, -0.05) is 11.6 Å². The van der Waals surface area contributed by atoms with Crippen molar-refractivity contribution in [2.45, 2.75) is 10.6 Å². The number of thioether (sulfide) groups is 1. The normalized spacial score (nSPS) is 9.95. The summed E-state index contributed by atoms with van der Waals surface area (Å²) in [7, 11) is 1.64. The van der Waals surface area contributed by atoms with E-state index in [0.29, 0.717) is 5.56 Å². The van der Waals surface area contributed by atoms with Crippen LogP contribution in [-0.2, 0) is 5.75 Å². The second-order valence-corrected chi connectivity index (χ2v) is 5.37. The summed E-state index contributed by atoms with van der Waals surface area (Å²) in [4.78, 5) is 1.13. The molecule has 96 valence electrons. The number of methoxy groups -OCH3 is 1. The summed E-state index contributed by atoms with van der Waals surface area (Å²) in [6, 6.07) is 15.3. The zero-order valence-electron chi connectivity index (χ0n) is 10.4. The van der Waals surface area contributed by atoms with Gasteiger partial charge in [0.15, 0.2) is 0 Å². The molecule has 0 fully saturated rings. The van der Waals surface area contributed by atoms with Crippen molar-refractivity contribution in [2.24, 2.45) is 0 Å². The zero-order valence-corrected chi connectivity index (χ0v) is 12.0. The summed E-state index contributed by atoms with van der Waals surface area (Å²) in [5.41, 5.74) is 1.66. The summed E-state index contributed by atoms with van der Waals surface area (Å²) < 4.78 is 5.31. The predicted octanol–water partition coefficient (Wildman–Crippen LogP) is 4.51. The van der Waals surface area contributed by atoms with Gasteiger partial charge in [0, 0.05) is 21.2 Å². The fraction of sp³-hybridized carbons (Fsp3) is 0.133. The lowest BCUT2D eigenvalue weighted by molar-refractivity contribution is 0.411. The fourth-order valence-corrected chi connectivity index (χ4v) is 2.66. The Balaban J connectivity index is 2.14. The molecule has 0 aromatic heterocycles. The van der Waals surface area contributed by atoms with Crippen LogP contribution in [0.1, 0.15) is 11.1 Å².